The molecule has 0 bridgehead atoms. The van der Waals surface area contributed by atoms with Crippen molar-refractivity contribution in [3.05, 3.63) is 57.6 Å². The van der Waals surface area contributed by atoms with Crippen LogP contribution in [-0.4, -0.2) is 52.7 Å². The molecule has 0 saturated carbocycles. The topological polar surface area (TPSA) is 90.6 Å². The van der Waals surface area contributed by atoms with E-state index in [0.29, 0.717) is 31.6 Å². The highest BCUT2D eigenvalue weighted by Crippen LogP contribution is 2.19. The number of hydrogen-bond donors (Lipinski definition) is 2. The van der Waals surface area contributed by atoms with Crippen LogP contribution in [0.25, 0.3) is 0 Å². The Morgan fingerprint density at radius 1 is 1.28 bits per heavy atom. The van der Waals surface area contributed by atoms with Crippen molar-refractivity contribution in [2.24, 2.45) is 0 Å². The van der Waals surface area contributed by atoms with E-state index in [-0.39, 0.29) is 23.8 Å². The van der Waals surface area contributed by atoms with Crippen LogP contribution in [0, 0.1) is 0 Å². The molecule has 0 aromatic carbocycles. The summed E-state index contributed by atoms with van der Waals surface area (Å²) >= 11 is 0. The molecule has 2 aliphatic heterocycles. The molecule has 2 atom stereocenters. The zero-order chi connectivity index (χ0) is 20.4. The third kappa shape index (κ3) is 4.42. The molecule has 29 heavy (non-hydrogen) atoms. The summed E-state index contributed by atoms with van der Waals surface area (Å²) in [6.07, 6.45) is 4.52. The largest absolute Gasteiger partial charge is 0.372 e. The van der Waals surface area contributed by atoms with Crippen molar-refractivity contribution < 1.29 is 9.53 Å². The van der Waals surface area contributed by atoms with Crippen LogP contribution >= 0.6 is 0 Å². The molecule has 2 unspecified atom stereocenters. The minimum absolute atomic E-state index is 0.119. The van der Waals surface area contributed by atoms with Gasteiger partial charge in [-0.25, -0.2) is 9.78 Å². The monoisotopic (exact) mass is 397 g/mol. The highest BCUT2D eigenvalue weighted by atomic mass is 16.5. The van der Waals surface area contributed by atoms with Crippen molar-refractivity contribution in [1.29, 1.82) is 0 Å². The number of carbonyl (C=O) groups excluding carboxylic acids is 1. The molecule has 2 amide bonds. The molecular weight excluding hydrogens is 370 g/mol. The number of pyridine rings is 2. The first-order chi connectivity index (χ1) is 14.0. The van der Waals surface area contributed by atoms with Gasteiger partial charge in [-0.3, -0.25) is 4.79 Å². The Morgan fingerprint density at radius 2 is 2.07 bits per heavy atom. The van der Waals surface area contributed by atoms with Crippen LogP contribution in [0.3, 0.4) is 0 Å². The van der Waals surface area contributed by atoms with Crippen LogP contribution in [0.5, 0.6) is 0 Å². The van der Waals surface area contributed by atoms with Gasteiger partial charge in [0.15, 0.2) is 0 Å². The number of urea groups is 1. The third-order valence-electron chi connectivity index (χ3n) is 5.44. The van der Waals surface area contributed by atoms with Gasteiger partial charge < -0.3 is 24.8 Å². The van der Waals surface area contributed by atoms with Gasteiger partial charge in [-0.2, -0.15) is 0 Å². The summed E-state index contributed by atoms with van der Waals surface area (Å²) in [4.78, 5) is 35.7. The number of rotatable bonds is 3. The average molecular weight is 397 g/mol. The van der Waals surface area contributed by atoms with Gasteiger partial charge in [0.05, 0.1) is 18.8 Å². The number of carbonyl (C=O) groups is 1. The smallest absolute Gasteiger partial charge is 0.317 e. The van der Waals surface area contributed by atoms with E-state index in [1.165, 1.54) is 0 Å². The normalized spacial score (nSPS) is 21.6. The number of nitrogens with one attached hydrogen (secondary N) is 2. The Bertz CT molecular complexity index is 917. The Labute approximate surface area is 169 Å². The molecule has 0 spiro atoms. The minimum Gasteiger partial charge on any atom is -0.372 e. The summed E-state index contributed by atoms with van der Waals surface area (Å²) < 4.78 is 5.77. The molecular formula is C21H27N5O3. The maximum absolute atomic E-state index is 12.5. The van der Waals surface area contributed by atoms with Crippen LogP contribution in [0.2, 0.25) is 0 Å². The third-order valence-corrected chi connectivity index (χ3v) is 5.44. The van der Waals surface area contributed by atoms with Crippen LogP contribution < -0.4 is 15.8 Å². The Morgan fingerprint density at radius 3 is 2.79 bits per heavy atom. The average Bonchev–Trinajstić information content (AvgIpc) is 2.72. The zero-order valence-electron chi connectivity index (χ0n) is 16.9. The van der Waals surface area contributed by atoms with E-state index in [9.17, 15) is 9.59 Å². The summed E-state index contributed by atoms with van der Waals surface area (Å²) in [6, 6.07) is 5.72. The molecule has 8 heteroatoms. The summed E-state index contributed by atoms with van der Waals surface area (Å²) in [5, 5.41) is 2.93. The van der Waals surface area contributed by atoms with E-state index in [4.69, 9.17) is 4.74 Å². The molecule has 4 rings (SSSR count). The number of nitrogens with zero attached hydrogens (tertiary/aromatic N) is 3. The van der Waals surface area contributed by atoms with E-state index in [1.54, 1.807) is 17.3 Å². The van der Waals surface area contributed by atoms with Crippen molar-refractivity contribution in [3.63, 3.8) is 0 Å². The molecule has 1 saturated heterocycles. The second-order valence-corrected chi connectivity index (χ2v) is 7.83. The second-order valence-electron chi connectivity index (χ2n) is 7.83. The first kappa shape index (κ1) is 19.4. The predicted octanol–water partition coefficient (Wildman–Crippen LogP) is 1.65. The van der Waals surface area contributed by atoms with E-state index in [1.807, 2.05) is 18.2 Å². The number of fused-ring (bicyclic) bond motifs is 1. The van der Waals surface area contributed by atoms with Crippen molar-refractivity contribution >= 4 is 11.8 Å². The van der Waals surface area contributed by atoms with Crippen molar-refractivity contribution in [3.8, 4) is 0 Å². The van der Waals surface area contributed by atoms with Crippen LogP contribution in [0.4, 0.5) is 10.6 Å². The first-order valence-electron chi connectivity index (χ1n) is 10.1. The molecule has 1 fully saturated rings. The lowest BCUT2D eigenvalue weighted by atomic mass is 10.0. The molecule has 2 aliphatic rings. The van der Waals surface area contributed by atoms with Gasteiger partial charge in [-0.05, 0) is 43.5 Å². The maximum atomic E-state index is 12.5. The molecule has 4 heterocycles. The zero-order valence-corrected chi connectivity index (χ0v) is 16.9. The number of H-pyrrole nitrogens is 1. The van der Waals surface area contributed by atoms with E-state index in [0.717, 1.165) is 30.0 Å². The Kier molecular flexibility index (Phi) is 5.53. The van der Waals surface area contributed by atoms with Crippen LogP contribution in [0.1, 0.15) is 30.5 Å². The highest BCUT2D eigenvalue weighted by molar-refractivity contribution is 5.74. The summed E-state index contributed by atoms with van der Waals surface area (Å²) in [6.45, 7) is 7.12. The standard InChI is InChI=1S/C21H27N5O3/c1-14-11-26(12-15(2)29-14)19-4-3-16(9-23-19)10-24-21(28)25-8-6-17-5-7-22-20(27)18(17)13-25/h3-5,7,9,14-15H,6,8,10-13H2,1-2H3,(H,22,27)(H,24,28). The fourth-order valence-electron chi connectivity index (χ4n) is 4.02. The predicted molar refractivity (Wildman–Crippen MR) is 110 cm³/mol. The Hall–Kier alpha value is -2.87. The molecule has 2 N–H and O–H groups in total. The minimum atomic E-state index is -0.168. The fourth-order valence-corrected chi connectivity index (χ4v) is 4.02. The molecule has 154 valence electrons. The quantitative estimate of drug-likeness (QED) is 0.822. The maximum Gasteiger partial charge on any atom is 0.317 e. The number of morpholine rings is 1. The molecule has 2 aromatic rings. The van der Waals surface area contributed by atoms with E-state index >= 15 is 0 Å². The summed E-state index contributed by atoms with van der Waals surface area (Å²) in [5.41, 5.74) is 2.51. The fraction of sp³-hybridized carbons (Fsp3) is 0.476. The number of hydrogen-bond acceptors (Lipinski definition) is 5. The molecule has 8 nitrogen and oxygen atoms in total. The number of anilines is 1. The van der Waals surface area contributed by atoms with Crippen LogP contribution in [-0.2, 0) is 24.2 Å². The lowest BCUT2D eigenvalue weighted by Crippen LogP contribution is -2.45. The van der Waals surface area contributed by atoms with Gasteiger partial charge in [-0.1, -0.05) is 6.07 Å². The summed E-state index contributed by atoms with van der Waals surface area (Å²) in [7, 11) is 0. The molecule has 0 aliphatic carbocycles. The Balaban J connectivity index is 1.33. The number of aromatic amines is 1. The van der Waals surface area contributed by atoms with Gasteiger partial charge in [0.2, 0.25) is 0 Å². The number of ether oxygens (including phenoxy) is 1. The number of amides is 2. The van der Waals surface area contributed by atoms with Gasteiger partial charge in [-0.15, -0.1) is 0 Å². The van der Waals surface area contributed by atoms with Crippen molar-refractivity contribution in [2.45, 2.75) is 45.6 Å². The van der Waals surface area contributed by atoms with E-state index < -0.39 is 0 Å². The van der Waals surface area contributed by atoms with E-state index in [2.05, 4.69) is 34.0 Å². The number of aromatic nitrogens is 2. The van der Waals surface area contributed by atoms with Gasteiger partial charge in [0.1, 0.15) is 5.82 Å². The van der Waals surface area contributed by atoms with Gasteiger partial charge in [0, 0.05) is 44.1 Å². The van der Waals surface area contributed by atoms with Gasteiger partial charge >= 0.3 is 6.03 Å². The van der Waals surface area contributed by atoms with Crippen molar-refractivity contribution in [2.75, 3.05) is 24.5 Å². The second kappa shape index (κ2) is 8.24. The van der Waals surface area contributed by atoms with Gasteiger partial charge in [0.25, 0.3) is 5.56 Å². The molecule has 2 aromatic heterocycles. The first-order valence-corrected chi connectivity index (χ1v) is 10.1. The van der Waals surface area contributed by atoms with Crippen LogP contribution in [0.15, 0.2) is 35.4 Å². The lowest BCUT2D eigenvalue weighted by molar-refractivity contribution is -0.00546. The summed E-state index contributed by atoms with van der Waals surface area (Å²) in [5.74, 6) is 0.925. The lowest BCUT2D eigenvalue weighted by Gasteiger charge is -2.36. The SMILES string of the molecule is CC1CN(c2ccc(CNC(=O)N3CCc4cc[nH]c(=O)c4C3)cn2)CC(C)O1. The highest BCUT2D eigenvalue weighted by Gasteiger charge is 2.24. The molecule has 0 radical (unpaired) electrons. The van der Waals surface area contributed by atoms with Crippen molar-refractivity contribution in [1.82, 2.24) is 20.2 Å².